The molecule has 18 heavy (non-hydrogen) atoms. The van der Waals surface area contributed by atoms with Gasteiger partial charge in [-0.2, -0.15) is 0 Å². The molecule has 2 aromatic rings. The summed E-state index contributed by atoms with van der Waals surface area (Å²) in [6.07, 6.45) is 0.818. The maximum Gasteiger partial charge on any atom is 0.0972 e. The molecule has 1 atom stereocenters. The molecule has 1 aromatic carbocycles. The minimum atomic E-state index is -1.01. The van der Waals surface area contributed by atoms with Gasteiger partial charge in [0, 0.05) is 28.4 Å². The van der Waals surface area contributed by atoms with E-state index in [9.17, 15) is 4.21 Å². The summed E-state index contributed by atoms with van der Waals surface area (Å²) in [6.45, 7) is -0.0341. The van der Waals surface area contributed by atoms with Crippen LogP contribution < -0.4 is 0 Å². The van der Waals surface area contributed by atoms with Gasteiger partial charge in [-0.05, 0) is 5.56 Å². The second kappa shape index (κ2) is 6.78. The SMILES string of the molecule is O=S(CCO)Cc1csc(Cc2ccccc2)n1. The lowest BCUT2D eigenvalue weighted by Gasteiger charge is -1.97. The number of aliphatic hydroxyl groups excluding tert-OH is 1. The highest BCUT2D eigenvalue weighted by molar-refractivity contribution is 7.84. The molecule has 1 unspecified atom stereocenters. The van der Waals surface area contributed by atoms with E-state index in [1.807, 2.05) is 23.6 Å². The number of thiazole rings is 1. The fraction of sp³-hybridized carbons (Fsp3) is 0.308. The van der Waals surface area contributed by atoms with E-state index in [2.05, 4.69) is 17.1 Å². The van der Waals surface area contributed by atoms with Gasteiger partial charge in [0.25, 0.3) is 0 Å². The molecule has 0 saturated carbocycles. The Morgan fingerprint density at radius 1 is 1.28 bits per heavy atom. The van der Waals surface area contributed by atoms with Crippen LogP contribution in [0.5, 0.6) is 0 Å². The van der Waals surface area contributed by atoms with E-state index in [1.54, 1.807) is 11.3 Å². The number of aromatic nitrogens is 1. The van der Waals surface area contributed by atoms with Crippen molar-refractivity contribution in [3.8, 4) is 0 Å². The van der Waals surface area contributed by atoms with Gasteiger partial charge in [-0.25, -0.2) is 4.98 Å². The van der Waals surface area contributed by atoms with Crippen molar-refractivity contribution in [3.63, 3.8) is 0 Å². The van der Waals surface area contributed by atoms with Gasteiger partial charge in [-0.1, -0.05) is 30.3 Å². The lowest BCUT2D eigenvalue weighted by atomic mass is 10.2. The molecule has 0 saturated heterocycles. The van der Waals surface area contributed by atoms with Crippen molar-refractivity contribution < 1.29 is 9.32 Å². The van der Waals surface area contributed by atoms with E-state index in [1.165, 1.54) is 5.56 Å². The second-order valence-electron chi connectivity index (χ2n) is 3.91. The van der Waals surface area contributed by atoms with Gasteiger partial charge in [0.1, 0.15) is 0 Å². The van der Waals surface area contributed by atoms with Gasteiger partial charge in [0.2, 0.25) is 0 Å². The van der Waals surface area contributed by atoms with Crippen molar-refractivity contribution in [2.75, 3.05) is 12.4 Å². The molecule has 3 nitrogen and oxygen atoms in total. The molecule has 96 valence electrons. The van der Waals surface area contributed by atoms with Gasteiger partial charge >= 0.3 is 0 Å². The van der Waals surface area contributed by atoms with Crippen molar-refractivity contribution in [1.29, 1.82) is 0 Å². The summed E-state index contributed by atoms with van der Waals surface area (Å²) < 4.78 is 11.5. The Balaban J connectivity index is 1.96. The molecule has 0 fully saturated rings. The zero-order valence-corrected chi connectivity index (χ0v) is 11.5. The van der Waals surface area contributed by atoms with Crippen LogP contribution in [0.3, 0.4) is 0 Å². The first-order valence-electron chi connectivity index (χ1n) is 5.71. The Labute approximate surface area is 113 Å². The third-order valence-corrected chi connectivity index (χ3v) is 4.58. The van der Waals surface area contributed by atoms with Gasteiger partial charge in [0.05, 0.1) is 23.1 Å². The summed E-state index contributed by atoms with van der Waals surface area (Å²) in [5.74, 6) is 0.761. The molecule has 5 heteroatoms. The second-order valence-corrected chi connectivity index (χ2v) is 6.43. The van der Waals surface area contributed by atoms with Crippen LogP contribution in [0.25, 0.3) is 0 Å². The molecular formula is C13H15NO2S2. The van der Waals surface area contributed by atoms with Crippen molar-refractivity contribution in [2.24, 2.45) is 0 Å². The average Bonchev–Trinajstić information content (AvgIpc) is 2.78. The predicted molar refractivity (Wildman–Crippen MR) is 75.2 cm³/mol. The first kappa shape index (κ1) is 13.4. The molecule has 1 heterocycles. The predicted octanol–water partition coefficient (Wildman–Crippen LogP) is 1.97. The smallest absolute Gasteiger partial charge is 0.0972 e. The molecule has 0 radical (unpaired) electrons. The molecule has 0 aliphatic rings. The van der Waals surface area contributed by atoms with Crippen LogP contribution in [0, 0.1) is 0 Å². The van der Waals surface area contributed by atoms with Gasteiger partial charge in [0.15, 0.2) is 0 Å². The van der Waals surface area contributed by atoms with E-state index in [0.717, 1.165) is 17.1 Å². The number of hydrogen-bond donors (Lipinski definition) is 1. The Morgan fingerprint density at radius 3 is 2.78 bits per heavy atom. The van der Waals surface area contributed by atoms with E-state index in [-0.39, 0.29) is 6.61 Å². The highest BCUT2D eigenvalue weighted by Crippen LogP contribution is 2.15. The van der Waals surface area contributed by atoms with Crippen LogP contribution in [-0.4, -0.2) is 26.7 Å². The number of hydrogen-bond acceptors (Lipinski definition) is 4. The van der Waals surface area contributed by atoms with Crippen molar-refractivity contribution in [3.05, 3.63) is 52.0 Å². The molecule has 1 N–H and O–H groups in total. The van der Waals surface area contributed by atoms with Crippen LogP contribution in [0.1, 0.15) is 16.3 Å². The lowest BCUT2D eigenvalue weighted by molar-refractivity contribution is 0.321. The maximum absolute atomic E-state index is 11.5. The molecule has 0 amide bonds. The molecular weight excluding hydrogens is 266 g/mol. The van der Waals surface area contributed by atoms with Crippen LogP contribution in [0.4, 0.5) is 0 Å². The minimum Gasteiger partial charge on any atom is -0.395 e. The highest BCUT2D eigenvalue weighted by Gasteiger charge is 2.06. The van der Waals surface area contributed by atoms with Crippen LogP contribution in [0.2, 0.25) is 0 Å². The van der Waals surface area contributed by atoms with Crippen LogP contribution in [0.15, 0.2) is 35.7 Å². The largest absolute Gasteiger partial charge is 0.395 e. The fourth-order valence-electron chi connectivity index (χ4n) is 1.61. The first-order valence-corrected chi connectivity index (χ1v) is 8.07. The number of benzene rings is 1. The van der Waals surface area contributed by atoms with Crippen molar-refractivity contribution >= 4 is 22.1 Å². The van der Waals surface area contributed by atoms with E-state index >= 15 is 0 Å². The monoisotopic (exact) mass is 281 g/mol. The van der Waals surface area contributed by atoms with Gasteiger partial charge in [-0.3, -0.25) is 4.21 Å². The number of rotatable bonds is 6. The van der Waals surface area contributed by atoms with E-state index in [4.69, 9.17) is 5.11 Å². The average molecular weight is 281 g/mol. The minimum absolute atomic E-state index is 0.0341. The Kier molecular flexibility index (Phi) is 5.04. The summed E-state index contributed by atoms with van der Waals surface area (Å²) in [5.41, 5.74) is 2.09. The highest BCUT2D eigenvalue weighted by atomic mass is 32.2. The Hall–Kier alpha value is -1.04. The van der Waals surface area contributed by atoms with Crippen molar-refractivity contribution in [1.82, 2.24) is 4.98 Å². The summed E-state index contributed by atoms with van der Waals surface area (Å²) in [4.78, 5) is 4.47. The van der Waals surface area contributed by atoms with Crippen molar-refractivity contribution in [2.45, 2.75) is 12.2 Å². The molecule has 0 aliphatic carbocycles. The number of nitrogens with zero attached hydrogens (tertiary/aromatic N) is 1. The quantitative estimate of drug-likeness (QED) is 0.881. The summed E-state index contributed by atoms with van der Waals surface area (Å²) >= 11 is 1.60. The Morgan fingerprint density at radius 2 is 2.06 bits per heavy atom. The Bertz CT molecular complexity index is 511. The topological polar surface area (TPSA) is 50.2 Å². The normalized spacial score (nSPS) is 12.5. The van der Waals surface area contributed by atoms with E-state index < -0.39 is 10.8 Å². The van der Waals surface area contributed by atoms with E-state index in [0.29, 0.717) is 11.5 Å². The zero-order chi connectivity index (χ0) is 12.8. The first-order chi connectivity index (χ1) is 8.78. The standard InChI is InChI=1S/C13H15NO2S2/c15-6-7-18(16)10-12-9-17-13(14-12)8-11-4-2-1-3-5-11/h1-5,9,15H,6-8,10H2. The maximum atomic E-state index is 11.5. The molecule has 0 bridgehead atoms. The molecule has 2 rings (SSSR count). The summed E-state index contributed by atoms with van der Waals surface area (Å²) in [5, 5.41) is 11.7. The third kappa shape index (κ3) is 4.01. The van der Waals surface area contributed by atoms with Gasteiger partial charge in [-0.15, -0.1) is 11.3 Å². The fourth-order valence-corrected chi connectivity index (χ4v) is 3.37. The summed E-state index contributed by atoms with van der Waals surface area (Å²) in [6, 6.07) is 10.2. The molecule has 1 aromatic heterocycles. The van der Waals surface area contributed by atoms with Gasteiger partial charge < -0.3 is 5.11 Å². The lowest BCUT2D eigenvalue weighted by Crippen LogP contribution is -2.04. The summed E-state index contributed by atoms with van der Waals surface area (Å²) in [7, 11) is -1.01. The van der Waals surface area contributed by atoms with Crippen LogP contribution in [-0.2, 0) is 23.0 Å². The molecule has 0 spiro atoms. The third-order valence-electron chi connectivity index (χ3n) is 2.43. The number of aliphatic hydroxyl groups is 1. The molecule has 0 aliphatic heterocycles. The zero-order valence-electron chi connectivity index (χ0n) is 9.91. The van der Waals surface area contributed by atoms with Crippen LogP contribution >= 0.6 is 11.3 Å².